The number of rotatable bonds is 8. The third-order valence-corrected chi connectivity index (χ3v) is 5.49. The van der Waals surface area contributed by atoms with Gasteiger partial charge >= 0.3 is 0 Å². The van der Waals surface area contributed by atoms with Gasteiger partial charge in [0, 0.05) is 26.1 Å². The monoisotopic (exact) mass is 328 g/mol. The Morgan fingerprint density at radius 2 is 2.00 bits per heavy atom. The smallest absolute Gasteiger partial charge is 0.243 e. The summed E-state index contributed by atoms with van der Waals surface area (Å²) in [5.74, 6) is 0. The molecular weight excluding hydrogens is 308 g/mol. The summed E-state index contributed by atoms with van der Waals surface area (Å²) in [5.41, 5.74) is 6.40. The zero-order valence-corrected chi connectivity index (χ0v) is 13.6. The Morgan fingerprint density at radius 1 is 1.38 bits per heavy atom. The Morgan fingerprint density at radius 3 is 2.48 bits per heavy atom. The van der Waals surface area contributed by atoms with E-state index in [1.807, 2.05) is 0 Å². The van der Waals surface area contributed by atoms with Crippen molar-refractivity contribution in [3.05, 3.63) is 29.8 Å². The second kappa shape index (κ2) is 6.83. The van der Waals surface area contributed by atoms with E-state index in [0.29, 0.717) is 29.5 Å². The predicted molar refractivity (Wildman–Crippen MR) is 85.7 cm³/mol. The van der Waals surface area contributed by atoms with E-state index in [1.165, 1.54) is 0 Å². The fourth-order valence-corrected chi connectivity index (χ4v) is 3.99. The number of methoxy groups -OCH3 is 1. The third kappa shape index (κ3) is 4.23. The Kier molecular flexibility index (Phi) is 5.32. The van der Waals surface area contributed by atoms with E-state index in [4.69, 9.17) is 22.7 Å². The summed E-state index contributed by atoms with van der Waals surface area (Å²) in [7, 11) is -1.89. The van der Waals surface area contributed by atoms with E-state index in [0.717, 1.165) is 18.4 Å². The average molecular weight is 328 g/mol. The van der Waals surface area contributed by atoms with Crippen LogP contribution in [-0.2, 0) is 21.2 Å². The van der Waals surface area contributed by atoms with Crippen LogP contribution in [0, 0.1) is 0 Å². The Labute approximate surface area is 131 Å². The van der Waals surface area contributed by atoms with Gasteiger partial charge in [0.2, 0.25) is 10.0 Å². The van der Waals surface area contributed by atoms with Gasteiger partial charge in [0.05, 0.1) is 16.5 Å². The number of benzene rings is 1. The molecule has 0 aromatic heterocycles. The first-order chi connectivity index (χ1) is 9.95. The van der Waals surface area contributed by atoms with E-state index < -0.39 is 10.0 Å². The summed E-state index contributed by atoms with van der Waals surface area (Å²) in [6, 6.07) is 6.86. The first-order valence-electron chi connectivity index (χ1n) is 6.83. The van der Waals surface area contributed by atoms with E-state index in [1.54, 1.807) is 35.7 Å². The largest absolute Gasteiger partial charge is 0.393 e. The number of hydrogen-bond acceptors (Lipinski definition) is 4. The van der Waals surface area contributed by atoms with Crippen LogP contribution in [0.25, 0.3) is 0 Å². The Balaban J connectivity index is 2.18. The molecule has 0 amide bonds. The lowest BCUT2D eigenvalue weighted by molar-refractivity contribution is 0.177. The molecule has 0 atom stereocenters. The molecule has 0 aliphatic heterocycles. The molecule has 5 nitrogen and oxygen atoms in total. The van der Waals surface area contributed by atoms with Crippen LogP contribution in [0.2, 0.25) is 0 Å². The fourth-order valence-electron chi connectivity index (χ4n) is 2.16. The molecule has 0 radical (unpaired) electrons. The molecule has 116 valence electrons. The van der Waals surface area contributed by atoms with Crippen LogP contribution in [0.1, 0.15) is 18.4 Å². The van der Waals surface area contributed by atoms with Crippen molar-refractivity contribution >= 4 is 27.2 Å². The molecule has 2 rings (SSSR count). The maximum absolute atomic E-state index is 12.7. The summed E-state index contributed by atoms with van der Waals surface area (Å²) in [6.07, 6.45) is 2.32. The van der Waals surface area contributed by atoms with Crippen LogP contribution in [0.3, 0.4) is 0 Å². The molecule has 2 N–H and O–H groups in total. The van der Waals surface area contributed by atoms with Crippen LogP contribution in [0.4, 0.5) is 0 Å². The van der Waals surface area contributed by atoms with Gasteiger partial charge in [0.1, 0.15) is 0 Å². The Bertz CT molecular complexity index is 595. The molecule has 1 aromatic carbocycles. The lowest BCUT2D eigenvalue weighted by atomic mass is 10.1. The van der Waals surface area contributed by atoms with Crippen molar-refractivity contribution in [2.24, 2.45) is 5.73 Å². The summed E-state index contributed by atoms with van der Waals surface area (Å²) in [5, 5.41) is 0. The van der Waals surface area contributed by atoms with Gasteiger partial charge in [-0.3, -0.25) is 0 Å². The molecule has 0 spiro atoms. The number of hydrogen-bond donors (Lipinski definition) is 1. The van der Waals surface area contributed by atoms with Crippen LogP contribution >= 0.6 is 12.2 Å². The number of thiocarbonyl (C=S) groups is 1. The lowest BCUT2D eigenvalue weighted by Crippen LogP contribution is -2.35. The van der Waals surface area contributed by atoms with Gasteiger partial charge in [-0.1, -0.05) is 24.4 Å². The zero-order chi connectivity index (χ0) is 15.5. The number of ether oxygens (including phenoxy) is 1. The second-order valence-electron chi connectivity index (χ2n) is 5.13. The topological polar surface area (TPSA) is 72.6 Å². The molecule has 7 heteroatoms. The van der Waals surface area contributed by atoms with E-state index in [-0.39, 0.29) is 6.04 Å². The zero-order valence-electron chi connectivity index (χ0n) is 12.0. The second-order valence-corrected chi connectivity index (χ2v) is 7.54. The summed E-state index contributed by atoms with van der Waals surface area (Å²) >= 11 is 4.85. The van der Waals surface area contributed by atoms with Gasteiger partial charge in [-0.05, 0) is 30.5 Å². The highest BCUT2D eigenvalue weighted by Crippen LogP contribution is 2.31. The number of sulfonamides is 1. The minimum absolute atomic E-state index is 0.112. The minimum Gasteiger partial charge on any atom is -0.393 e. The Hall–Kier alpha value is -1.02. The van der Waals surface area contributed by atoms with Crippen molar-refractivity contribution in [2.75, 3.05) is 20.3 Å². The first-order valence-corrected chi connectivity index (χ1v) is 8.68. The molecule has 1 aliphatic rings. The average Bonchev–Trinajstić information content (AvgIpc) is 3.23. The molecule has 1 aliphatic carbocycles. The molecule has 0 heterocycles. The van der Waals surface area contributed by atoms with Crippen LogP contribution in [0.15, 0.2) is 29.2 Å². The minimum atomic E-state index is -3.47. The highest BCUT2D eigenvalue weighted by molar-refractivity contribution is 7.89. The summed E-state index contributed by atoms with van der Waals surface area (Å²) in [6.45, 7) is 0.785. The predicted octanol–water partition coefficient (Wildman–Crippen LogP) is 1.31. The number of nitrogens with zero attached hydrogens (tertiary/aromatic N) is 1. The summed E-state index contributed by atoms with van der Waals surface area (Å²) < 4.78 is 31.9. The first kappa shape index (κ1) is 16.4. The number of nitrogens with two attached hydrogens (primary N) is 1. The molecule has 21 heavy (non-hydrogen) atoms. The van der Waals surface area contributed by atoms with Crippen molar-refractivity contribution in [1.82, 2.24) is 4.31 Å². The van der Waals surface area contributed by atoms with Crippen LogP contribution in [0.5, 0.6) is 0 Å². The molecule has 0 saturated heterocycles. The van der Waals surface area contributed by atoms with Crippen molar-refractivity contribution < 1.29 is 13.2 Å². The normalized spacial score (nSPS) is 15.3. The molecule has 1 aromatic rings. The summed E-state index contributed by atoms with van der Waals surface area (Å²) in [4.78, 5) is 0.697. The SMILES string of the molecule is COCCN(C1CC1)S(=O)(=O)c1ccc(CC(N)=S)cc1. The molecule has 1 fully saturated rings. The van der Waals surface area contributed by atoms with Crippen molar-refractivity contribution in [1.29, 1.82) is 0 Å². The van der Waals surface area contributed by atoms with Crippen LogP contribution < -0.4 is 5.73 Å². The maximum atomic E-state index is 12.7. The van der Waals surface area contributed by atoms with Crippen molar-refractivity contribution in [2.45, 2.75) is 30.2 Å². The highest BCUT2D eigenvalue weighted by atomic mass is 32.2. The van der Waals surface area contributed by atoms with Gasteiger partial charge < -0.3 is 10.5 Å². The van der Waals surface area contributed by atoms with Gasteiger partial charge in [-0.15, -0.1) is 0 Å². The molecule has 0 unspecified atom stereocenters. The molecule has 1 saturated carbocycles. The van der Waals surface area contributed by atoms with Gasteiger partial charge in [-0.2, -0.15) is 4.31 Å². The third-order valence-electron chi connectivity index (χ3n) is 3.38. The van der Waals surface area contributed by atoms with E-state index in [2.05, 4.69) is 0 Å². The van der Waals surface area contributed by atoms with E-state index >= 15 is 0 Å². The molecular formula is C14H20N2O3S2. The maximum Gasteiger partial charge on any atom is 0.243 e. The quantitative estimate of drug-likeness (QED) is 0.729. The van der Waals surface area contributed by atoms with Gasteiger partial charge in [0.15, 0.2) is 0 Å². The van der Waals surface area contributed by atoms with Crippen molar-refractivity contribution in [3.63, 3.8) is 0 Å². The van der Waals surface area contributed by atoms with Gasteiger partial charge in [-0.25, -0.2) is 8.42 Å². The fraction of sp³-hybridized carbons (Fsp3) is 0.500. The van der Waals surface area contributed by atoms with Gasteiger partial charge in [0.25, 0.3) is 0 Å². The lowest BCUT2D eigenvalue weighted by Gasteiger charge is -2.21. The van der Waals surface area contributed by atoms with Crippen molar-refractivity contribution in [3.8, 4) is 0 Å². The molecule has 0 bridgehead atoms. The standard InChI is InChI=1S/C14H20N2O3S2/c1-19-9-8-16(12-4-5-12)21(17,18)13-6-2-11(3-7-13)10-14(15)20/h2-3,6-7,12H,4-5,8-10H2,1H3,(H2,15,20). The highest BCUT2D eigenvalue weighted by Gasteiger charge is 2.37. The van der Waals surface area contributed by atoms with E-state index in [9.17, 15) is 8.42 Å². The van der Waals surface area contributed by atoms with Crippen LogP contribution in [-0.4, -0.2) is 44.0 Å².